The highest BCUT2D eigenvalue weighted by molar-refractivity contribution is 5.98. The number of Topliss-reactive ketones (excluding diaryl/α,β-unsaturated/α-hetero) is 1. The van der Waals surface area contributed by atoms with Crippen LogP contribution < -0.4 is 0 Å². The van der Waals surface area contributed by atoms with E-state index in [1.807, 2.05) is 47.6 Å². The van der Waals surface area contributed by atoms with Crippen LogP contribution in [-0.4, -0.2) is 11.6 Å². The van der Waals surface area contributed by atoms with Crippen molar-refractivity contribution in [2.24, 2.45) is 21.7 Å². The average Bonchev–Trinajstić information content (AvgIpc) is 2.49. The fourth-order valence-electron chi connectivity index (χ4n) is 2.28. The van der Waals surface area contributed by atoms with Crippen LogP contribution in [0.2, 0.25) is 0 Å². The van der Waals surface area contributed by atoms with E-state index in [1.54, 1.807) is 6.92 Å². The molecule has 0 bridgehead atoms. The minimum atomic E-state index is -0.258. The summed E-state index contributed by atoms with van der Waals surface area (Å²) in [5.41, 5.74) is 2.27. The lowest BCUT2D eigenvalue weighted by atomic mass is 9.87. The summed E-state index contributed by atoms with van der Waals surface area (Å²) in [7, 11) is 0. The molecule has 2 heteroatoms. The summed E-state index contributed by atoms with van der Waals surface area (Å²) in [6, 6.07) is 0. The number of hydrogen-bond donors (Lipinski definition) is 0. The van der Waals surface area contributed by atoms with Crippen LogP contribution in [0.5, 0.6) is 0 Å². The van der Waals surface area contributed by atoms with Gasteiger partial charge < -0.3 is 0 Å². The monoisotopic (exact) mass is 448 g/mol. The molecular formula is C30H56O2. The number of hydrogen-bond acceptors (Lipinski definition) is 2. The van der Waals surface area contributed by atoms with Gasteiger partial charge in [0.1, 0.15) is 0 Å². The van der Waals surface area contributed by atoms with E-state index in [4.69, 9.17) is 0 Å². The zero-order valence-electron chi connectivity index (χ0n) is 24.2. The fraction of sp³-hybridized carbons (Fsp3) is 0.667. The van der Waals surface area contributed by atoms with Gasteiger partial charge in [-0.05, 0) is 49.2 Å². The first-order valence-corrected chi connectivity index (χ1v) is 11.4. The molecule has 0 aromatic rings. The van der Waals surface area contributed by atoms with Crippen molar-refractivity contribution in [3.05, 3.63) is 49.6 Å². The highest BCUT2D eigenvalue weighted by Gasteiger charge is 2.20. The Labute approximate surface area is 202 Å². The second-order valence-electron chi connectivity index (χ2n) is 12.9. The first kappa shape index (κ1) is 37.6. The number of carbonyl (C=O) groups is 2. The van der Waals surface area contributed by atoms with Crippen LogP contribution in [0.15, 0.2) is 49.6 Å². The van der Waals surface area contributed by atoms with E-state index >= 15 is 0 Å². The molecule has 0 aromatic carbocycles. The first-order chi connectivity index (χ1) is 13.8. The molecule has 0 saturated carbocycles. The number of allylic oxidation sites excluding steroid dienone is 4. The Balaban J connectivity index is -0.000000164. The SMILES string of the molecule is C=C(C)C(=O)C(C)(C)C.C=C(C)CC(C)(C)C.C=CC(=O)C(C)(C)C.C=CCC(C)(C)C. The van der Waals surface area contributed by atoms with E-state index in [0.29, 0.717) is 16.4 Å². The summed E-state index contributed by atoms with van der Waals surface area (Å²) in [4.78, 5) is 21.8. The summed E-state index contributed by atoms with van der Waals surface area (Å²) in [6.07, 6.45) is 5.56. The Morgan fingerprint density at radius 1 is 0.688 bits per heavy atom. The minimum Gasteiger partial charge on any atom is -0.294 e. The van der Waals surface area contributed by atoms with Crippen molar-refractivity contribution in [3.63, 3.8) is 0 Å². The average molecular weight is 449 g/mol. The van der Waals surface area contributed by atoms with Crippen LogP contribution in [0.25, 0.3) is 0 Å². The molecule has 32 heavy (non-hydrogen) atoms. The molecule has 0 unspecified atom stereocenters. The third-order valence-electron chi connectivity index (χ3n) is 3.58. The molecule has 0 heterocycles. The summed E-state index contributed by atoms with van der Waals surface area (Å²) >= 11 is 0. The molecule has 0 radical (unpaired) electrons. The second kappa shape index (κ2) is 16.0. The summed E-state index contributed by atoms with van der Waals surface area (Å²) < 4.78 is 0. The van der Waals surface area contributed by atoms with Crippen molar-refractivity contribution < 1.29 is 9.59 Å². The van der Waals surface area contributed by atoms with Crippen molar-refractivity contribution in [3.8, 4) is 0 Å². The zero-order chi connectivity index (χ0) is 27.1. The molecule has 0 saturated heterocycles. The summed E-state index contributed by atoms with van der Waals surface area (Å²) in [5, 5.41) is 0. The Morgan fingerprint density at radius 3 is 1.06 bits per heavy atom. The third kappa shape index (κ3) is 33.0. The zero-order valence-corrected chi connectivity index (χ0v) is 24.2. The maximum absolute atomic E-state index is 11.1. The highest BCUT2D eigenvalue weighted by atomic mass is 16.1. The Bertz CT molecular complexity index is 603. The lowest BCUT2D eigenvalue weighted by molar-refractivity contribution is -0.122. The van der Waals surface area contributed by atoms with Crippen LogP contribution in [0.4, 0.5) is 0 Å². The third-order valence-corrected chi connectivity index (χ3v) is 3.58. The van der Waals surface area contributed by atoms with Gasteiger partial charge in [-0.1, -0.05) is 108 Å². The van der Waals surface area contributed by atoms with Crippen LogP contribution in [0, 0.1) is 21.7 Å². The summed E-state index contributed by atoms with van der Waals surface area (Å²) in [6.45, 7) is 42.8. The standard InChI is InChI=1S/C8H14O.C8H16.C7H12O.C7H14/c1-6(2)7(9)8(3,4)5;1-7(2)6-8(3,4)5;1-5-6(8)7(2,3)4;1-5-6-7(2,3)4/h1H2,2-5H3;1,6H2,2-5H3;5H,1H2,2-4H3;5H,1,6H2,2-4H3. The van der Waals surface area contributed by atoms with Gasteiger partial charge in [-0.25, -0.2) is 0 Å². The minimum absolute atomic E-state index is 0.0949. The predicted molar refractivity (Wildman–Crippen MR) is 147 cm³/mol. The highest BCUT2D eigenvalue weighted by Crippen LogP contribution is 2.22. The maximum Gasteiger partial charge on any atom is 0.163 e. The van der Waals surface area contributed by atoms with E-state index in [2.05, 4.69) is 74.8 Å². The molecule has 0 spiro atoms. The van der Waals surface area contributed by atoms with E-state index < -0.39 is 0 Å². The molecule has 0 amide bonds. The van der Waals surface area contributed by atoms with Crippen molar-refractivity contribution in [1.29, 1.82) is 0 Å². The van der Waals surface area contributed by atoms with Gasteiger partial charge in [0.05, 0.1) is 0 Å². The maximum atomic E-state index is 11.1. The van der Waals surface area contributed by atoms with Gasteiger partial charge in [0.2, 0.25) is 0 Å². The van der Waals surface area contributed by atoms with E-state index in [0.717, 1.165) is 12.8 Å². The molecule has 2 nitrogen and oxygen atoms in total. The molecule has 0 aliphatic heterocycles. The molecule has 0 aliphatic carbocycles. The fourth-order valence-corrected chi connectivity index (χ4v) is 2.28. The van der Waals surface area contributed by atoms with Gasteiger partial charge in [-0.15, -0.1) is 13.2 Å². The van der Waals surface area contributed by atoms with Crippen molar-refractivity contribution in [1.82, 2.24) is 0 Å². The van der Waals surface area contributed by atoms with Gasteiger partial charge in [0, 0.05) is 10.8 Å². The second-order valence-corrected chi connectivity index (χ2v) is 12.9. The number of ketones is 2. The number of carbonyl (C=O) groups excluding carboxylic acids is 2. The van der Waals surface area contributed by atoms with Gasteiger partial charge >= 0.3 is 0 Å². The lowest BCUT2D eigenvalue weighted by Crippen LogP contribution is -2.20. The van der Waals surface area contributed by atoms with Crippen LogP contribution in [-0.2, 0) is 9.59 Å². The van der Waals surface area contributed by atoms with Gasteiger partial charge in [0.25, 0.3) is 0 Å². The topological polar surface area (TPSA) is 34.1 Å². The largest absolute Gasteiger partial charge is 0.294 e. The molecule has 0 rings (SSSR count). The van der Waals surface area contributed by atoms with E-state index in [9.17, 15) is 9.59 Å². The molecule has 0 atom stereocenters. The summed E-state index contributed by atoms with van der Waals surface area (Å²) in [5.74, 6) is 0.236. The Hall–Kier alpha value is -1.70. The van der Waals surface area contributed by atoms with Gasteiger partial charge in [-0.2, -0.15) is 0 Å². The van der Waals surface area contributed by atoms with Crippen LogP contribution in [0.3, 0.4) is 0 Å². The molecule has 188 valence electrons. The normalized spacial score (nSPS) is 11.2. The smallest absolute Gasteiger partial charge is 0.163 e. The molecule has 0 aliphatic rings. The lowest BCUT2D eigenvalue weighted by Gasteiger charge is -2.17. The first-order valence-electron chi connectivity index (χ1n) is 11.4. The predicted octanol–water partition coefficient (Wildman–Crippen LogP) is 9.57. The van der Waals surface area contributed by atoms with E-state index in [1.165, 1.54) is 11.6 Å². The van der Waals surface area contributed by atoms with Gasteiger partial charge in [0.15, 0.2) is 11.6 Å². The van der Waals surface area contributed by atoms with Crippen LogP contribution >= 0.6 is 0 Å². The molecule has 0 N–H and O–H groups in total. The Kier molecular flexibility index (Phi) is 18.8. The van der Waals surface area contributed by atoms with Crippen LogP contribution in [0.1, 0.15) is 110 Å². The molecule has 0 aromatic heterocycles. The van der Waals surface area contributed by atoms with E-state index in [-0.39, 0.29) is 22.4 Å². The van der Waals surface area contributed by atoms with Crippen molar-refractivity contribution in [2.75, 3.05) is 0 Å². The molecular weight excluding hydrogens is 392 g/mol. The Morgan fingerprint density at radius 2 is 1.06 bits per heavy atom. The van der Waals surface area contributed by atoms with Gasteiger partial charge in [-0.3, -0.25) is 9.59 Å². The quantitative estimate of drug-likeness (QED) is 0.317. The van der Waals surface area contributed by atoms with Crippen molar-refractivity contribution in [2.45, 2.75) is 110 Å². The molecule has 0 fully saturated rings. The van der Waals surface area contributed by atoms with Crippen molar-refractivity contribution >= 4 is 11.6 Å². The number of rotatable bonds is 4.